The summed E-state index contributed by atoms with van der Waals surface area (Å²) in [7, 11) is 0. The van der Waals surface area contributed by atoms with Crippen LogP contribution < -0.4 is 10.3 Å². The number of aromatic nitrogens is 2. The second kappa shape index (κ2) is 6.40. The molecule has 4 rings (SSSR count). The van der Waals surface area contributed by atoms with Gasteiger partial charge in [-0.1, -0.05) is 30.3 Å². The second-order valence-electron chi connectivity index (χ2n) is 6.25. The van der Waals surface area contributed by atoms with Crippen molar-refractivity contribution < 1.29 is 18.6 Å². The topological polar surface area (TPSA) is 62.6 Å². The molecule has 0 N–H and O–H groups in total. The van der Waals surface area contributed by atoms with Crippen molar-refractivity contribution in [1.82, 2.24) is 9.55 Å². The highest BCUT2D eigenvalue weighted by Gasteiger charge is 2.52. The van der Waals surface area contributed by atoms with E-state index in [0.717, 1.165) is 11.8 Å². The summed E-state index contributed by atoms with van der Waals surface area (Å²) in [6.45, 7) is 0.728. The third-order valence-corrected chi connectivity index (χ3v) is 4.88. The summed E-state index contributed by atoms with van der Waals surface area (Å²) in [6, 6.07) is 9.84. The van der Waals surface area contributed by atoms with Crippen LogP contribution in [-0.4, -0.2) is 33.7 Å². The molecule has 1 aromatic carbocycles. The Labute approximate surface area is 148 Å². The number of fused-ring (bicyclic) bond motifs is 3. The lowest BCUT2D eigenvalue weighted by Crippen LogP contribution is -2.37. The van der Waals surface area contributed by atoms with Crippen molar-refractivity contribution in [2.24, 2.45) is 0 Å². The molecule has 0 amide bonds. The smallest absolute Gasteiger partial charge is 0.311 e. The fraction of sp³-hybridized carbons (Fsp3) is 0.412. The SMILES string of the molecule is O=c1nc2n(cc1F)C1O[C@](CCl)(COCc3ccccc3)CC1O2. The van der Waals surface area contributed by atoms with E-state index in [9.17, 15) is 9.18 Å². The van der Waals surface area contributed by atoms with E-state index < -0.39 is 23.2 Å². The first-order valence-corrected chi connectivity index (χ1v) is 8.44. The highest BCUT2D eigenvalue weighted by atomic mass is 35.5. The molecule has 2 unspecified atom stereocenters. The van der Waals surface area contributed by atoms with Crippen molar-refractivity contribution in [1.29, 1.82) is 0 Å². The van der Waals surface area contributed by atoms with Gasteiger partial charge in [0, 0.05) is 6.42 Å². The van der Waals surface area contributed by atoms with Crippen LogP contribution in [0.2, 0.25) is 0 Å². The Morgan fingerprint density at radius 1 is 1.40 bits per heavy atom. The lowest BCUT2D eigenvalue weighted by atomic mass is 10.0. The molecular weight excluding hydrogens is 351 g/mol. The molecule has 1 fully saturated rings. The quantitative estimate of drug-likeness (QED) is 0.759. The van der Waals surface area contributed by atoms with Crippen LogP contribution >= 0.6 is 11.6 Å². The molecule has 3 atom stereocenters. The zero-order valence-electron chi connectivity index (χ0n) is 13.2. The Hall–Kier alpha value is -1.96. The van der Waals surface area contributed by atoms with E-state index in [-0.39, 0.29) is 24.6 Å². The molecule has 3 heterocycles. The molecule has 8 heteroatoms. The number of nitrogens with zero attached hydrogens (tertiary/aromatic N) is 2. The third-order valence-electron chi connectivity index (χ3n) is 4.39. The Balaban J connectivity index is 1.46. The molecule has 1 aromatic heterocycles. The summed E-state index contributed by atoms with van der Waals surface area (Å²) in [5.41, 5.74) is -0.625. The van der Waals surface area contributed by atoms with Crippen LogP contribution in [-0.2, 0) is 16.1 Å². The lowest BCUT2D eigenvalue weighted by Gasteiger charge is -2.27. The first-order chi connectivity index (χ1) is 12.1. The van der Waals surface area contributed by atoms with E-state index in [1.54, 1.807) is 0 Å². The Bertz CT molecular complexity index is 831. The van der Waals surface area contributed by atoms with Gasteiger partial charge in [-0.25, -0.2) is 0 Å². The van der Waals surface area contributed by atoms with Gasteiger partial charge in [0.1, 0.15) is 5.60 Å². The van der Waals surface area contributed by atoms with Crippen LogP contribution in [0.5, 0.6) is 6.01 Å². The van der Waals surface area contributed by atoms with Gasteiger partial charge in [0.25, 0.3) is 0 Å². The average Bonchev–Trinajstić information content (AvgIpc) is 3.12. The summed E-state index contributed by atoms with van der Waals surface area (Å²) >= 11 is 6.13. The molecule has 0 radical (unpaired) electrons. The predicted octanol–water partition coefficient (Wildman–Crippen LogP) is 2.26. The molecule has 0 bridgehead atoms. The first kappa shape index (κ1) is 16.5. The molecule has 1 saturated heterocycles. The van der Waals surface area contributed by atoms with Gasteiger partial charge in [0.15, 0.2) is 12.3 Å². The van der Waals surface area contributed by atoms with Crippen molar-refractivity contribution >= 4 is 11.6 Å². The molecule has 25 heavy (non-hydrogen) atoms. The van der Waals surface area contributed by atoms with E-state index in [1.807, 2.05) is 30.3 Å². The summed E-state index contributed by atoms with van der Waals surface area (Å²) in [5, 5.41) is 0. The monoisotopic (exact) mass is 366 g/mol. The standard InChI is InChI=1S/C17H16ClFN2O4/c18-9-17(10-23-8-11-4-2-1-3-5-11)6-13-15(25-17)21-7-12(19)14(22)20-16(21)24-13/h1-5,7,13,15H,6,8-10H2/t13?,15?,17-/m1/s1. The molecular formula is C17H16ClFN2O4. The number of hydrogen-bond acceptors (Lipinski definition) is 5. The summed E-state index contributed by atoms with van der Waals surface area (Å²) in [6.07, 6.45) is 0.573. The molecule has 2 aromatic rings. The van der Waals surface area contributed by atoms with Gasteiger partial charge in [-0.15, -0.1) is 11.6 Å². The third kappa shape index (κ3) is 3.03. The summed E-state index contributed by atoms with van der Waals surface area (Å²) in [4.78, 5) is 14.9. The maximum Gasteiger partial charge on any atom is 0.311 e. The van der Waals surface area contributed by atoms with Gasteiger partial charge in [-0.2, -0.15) is 9.37 Å². The highest BCUT2D eigenvalue weighted by Crippen LogP contribution is 2.44. The fourth-order valence-electron chi connectivity index (χ4n) is 3.17. The first-order valence-electron chi connectivity index (χ1n) is 7.91. The van der Waals surface area contributed by atoms with Gasteiger partial charge in [-0.3, -0.25) is 9.36 Å². The molecule has 6 nitrogen and oxygen atoms in total. The van der Waals surface area contributed by atoms with Crippen molar-refractivity contribution in [2.45, 2.75) is 31.0 Å². The van der Waals surface area contributed by atoms with E-state index in [0.29, 0.717) is 13.0 Å². The van der Waals surface area contributed by atoms with Gasteiger partial charge < -0.3 is 14.2 Å². The van der Waals surface area contributed by atoms with Crippen molar-refractivity contribution in [3.8, 4) is 6.01 Å². The number of ether oxygens (including phenoxy) is 3. The van der Waals surface area contributed by atoms with E-state index >= 15 is 0 Å². The van der Waals surface area contributed by atoms with Crippen molar-refractivity contribution in [2.75, 3.05) is 12.5 Å². The van der Waals surface area contributed by atoms with Crippen LogP contribution in [0.25, 0.3) is 0 Å². The zero-order valence-corrected chi connectivity index (χ0v) is 14.0. The zero-order chi connectivity index (χ0) is 17.4. The molecule has 0 saturated carbocycles. The average molecular weight is 367 g/mol. The van der Waals surface area contributed by atoms with Gasteiger partial charge in [0.2, 0.25) is 5.82 Å². The Morgan fingerprint density at radius 3 is 2.96 bits per heavy atom. The predicted molar refractivity (Wildman–Crippen MR) is 87.2 cm³/mol. The largest absolute Gasteiger partial charge is 0.456 e. The van der Waals surface area contributed by atoms with Gasteiger partial charge in [-0.05, 0) is 5.56 Å². The fourth-order valence-corrected chi connectivity index (χ4v) is 3.41. The minimum Gasteiger partial charge on any atom is -0.456 e. The second-order valence-corrected chi connectivity index (χ2v) is 6.51. The number of alkyl halides is 1. The minimum atomic E-state index is -0.944. The lowest BCUT2D eigenvalue weighted by molar-refractivity contribution is -0.103. The van der Waals surface area contributed by atoms with Crippen LogP contribution in [0.4, 0.5) is 4.39 Å². The van der Waals surface area contributed by atoms with E-state index in [2.05, 4.69) is 4.98 Å². The van der Waals surface area contributed by atoms with Crippen LogP contribution in [0.3, 0.4) is 0 Å². The molecule has 0 aliphatic carbocycles. The summed E-state index contributed by atoms with van der Waals surface area (Å²) < 4.78 is 32.4. The van der Waals surface area contributed by atoms with E-state index in [4.69, 9.17) is 25.8 Å². The number of rotatable bonds is 5. The van der Waals surface area contributed by atoms with Crippen LogP contribution in [0, 0.1) is 5.82 Å². The van der Waals surface area contributed by atoms with Crippen LogP contribution in [0.15, 0.2) is 41.3 Å². The number of halogens is 2. The maximum atomic E-state index is 13.5. The van der Waals surface area contributed by atoms with E-state index in [1.165, 1.54) is 4.57 Å². The molecule has 132 valence electrons. The van der Waals surface area contributed by atoms with Crippen LogP contribution in [0.1, 0.15) is 18.2 Å². The van der Waals surface area contributed by atoms with Crippen molar-refractivity contribution in [3.05, 3.63) is 58.3 Å². The Morgan fingerprint density at radius 2 is 2.20 bits per heavy atom. The number of hydrogen-bond donors (Lipinski definition) is 0. The van der Waals surface area contributed by atoms with Gasteiger partial charge >= 0.3 is 11.6 Å². The highest BCUT2D eigenvalue weighted by molar-refractivity contribution is 6.18. The normalized spacial score (nSPS) is 27.0. The Kier molecular flexibility index (Phi) is 4.23. The van der Waals surface area contributed by atoms with Gasteiger partial charge in [0.05, 0.1) is 25.3 Å². The maximum absolute atomic E-state index is 13.5. The minimum absolute atomic E-state index is 0.0646. The molecule has 2 aliphatic heterocycles. The molecule has 2 aliphatic rings. The number of benzene rings is 1. The summed E-state index contributed by atoms with van der Waals surface area (Å²) in [5.74, 6) is -0.732. The molecule has 0 spiro atoms. The van der Waals surface area contributed by atoms with Crippen molar-refractivity contribution in [3.63, 3.8) is 0 Å².